The Labute approximate surface area is 100 Å². The Morgan fingerprint density at radius 1 is 1.24 bits per heavy atom. The smallest absolute Gasteiger partial charge is 0.323 e. The first-order valence-electron chi connectivity index (χ1n) is 6.42. The van der Waals surface area contributed by atoms with Crippen LogP contribution in [-0.2, 0) is 0 Å². The topological polar surface area (TPSA) is 94.9 Å². The van der Waals surface area contributed by atoms with Crippen LogP contribution in [0.2, 0.25) is 0 Å². The van der Waals surface area contributed by atoms with Gasteiger partial charge in [-0.15, -0.1) is 0 Å². The Balaban J connectivity index is 2.26. The fourth-order valence-corrected chi connectivity index (χ4v) is 2.68. The highest BCUT2D eigenvalue weighted by molar-refractivity contribution is 5.19. The molecule has 0 amide bonds. The molecule has 1 heterocycles. The molecule has 5 nitrogen and oxygen atoms in total. The lowest BCUT2D eigenvalue weighted by Gasteiger charge is -2.16. The second kappa shape index (κ2) is 5.51. The van der Waals surface area contributed by atoms with Crippen LogP contribution in [0.1, 0.15) is 61.9 Å². The summed E-state index contributed by atoms with van der Waals surface area (Å²) in [6.45, 7) is 0.132. The fourth-order valence-electron chi connectivity index (χ4n) is 2.68. The molecule has 0 aromatic carbocycles. The second-order valence-corrected chi connectivity index (χ2v) is 4.85. The van der Waals surface area contributed by atoms with Crippen molar-refractivity contribution in [3.63, 3.8) is 0 Å². The van der Waals surface area contributed by atoms with E-state index < -0.39 is 6.10 Å². The summed E-state index contributed by atoms with van der Waals surface area (Å²) >= 11 is 0. The summed E-state index contributed by atoms with van der Waals surface area (Å²) in [5, 5.41) is 9.81. The number of hydrogen-bond donors (Lipinski definition) is 4. The molecule has 2 rings (SSSR count). The van der Waals surface area contributed by atoms with Gasteiger partial charge in [-0.05, 0) is 12.8 Å². The molecule has 0 spiro atoms. The predicted octanol–water partition coefficient (Wildman–Crippen LogP) is 1.13. The second-order valence-electron chi connectivity index (χ2n) is 4.85. The number of aliphatic hydroxyl groups is 1. The monoisotopic (exact) mass is 239 g/mol. The SMILES string of the molecule is NCC(O)c1[nH]c(=O)[nH]c1C1CCCCCC1. The van der Waals surface area contributed by atoms with Crippen LogP contribution in [0, 0.1) is 0 Å². The quantitative estimate of drug-likeness (QED) is 0.595. The largest absolute Gasteiger partial charge is 0.385 e. The zero-order valence-corrected chi connectivity index (χ0v) is 10.0. The van der Waals surface area contributed by atoms with Crippen molar-refractivity contribution in [2.45, 2.75) is 50.5 Å². The molecule has 96 valence electrons. The Bertz CT molecular complexity index is 402. The average molecular weight is 239 g/mol. The molecular weight excluding hydrogens is 218 g/mol. The van der Waals surface area contributed by atoms with E-state index in [1.807, 2.05) is 0 Å². The molecule has 17 heavy (non-hydrogen) atoms. The summed E-state index contributed by atoms with van der Waals surface area (Å²) < 4.78 is 0. The number of aromatic nitrogens is 2. The van der Waals surface area contributed by atoms with Crippen LogP contribution >= 0.6 is 0 Å². The highest BCUT2D eigenvalue weighted by atomic mass is 16.3. The van der Waals surface area contributed by atoms with Crippen molar-refractivity contribution in [2.75, 3.05) is 6.54 Å². The molecule has 0 radical (unpaired) electrons. The fraction of sp³-hybridized carbons (Fsp3) is 0.750. The van der Waals surface area contributed by atoms with Crippen LogP contribution in [0.3, 0.4) is 0 Å². The van der Waals surface area contributed by atoms with Crippen LogP contribution in [0.15, 0.2) is 4.79 Å². The van der Waals surface area contributed by atoms with E-state index in [1.54, 1.807) is 0 Å². The van der Waals surface area contributed by atoms with Crippen molar-refractivity contribution in [1.82, 2.24) is 9.97 Å². The molecule has 1 aliphatic rings. The van der Waals surface area contributed by atoms with Gasteiger partial charge in [0, 0.05) is 18.2 Å². The van der Waals surface area contributed by atoms with Crippen molar-refractivity contribution in [2.24, 2.45) is 5.73 Å². The first-order valence-corrected chi connectivity index (χ1v) is 6.42. The van der Waals surface area contributed by atoms with E-state index in [4.69, 9.17) is 5.73 Å². The summed E-state index contributed by atoms with van der Waals surface area (Å²) in [5.41, 5.74) is 6.67. The Morgan fingerprint density at radius 2 is 1.88 bits per heavy atom. The molecule has 5 heteroatoms. The molecule has 1 unspecified atom stereocenters. The van der Waals surface area contributed by atoms with Crippen LogP contribution in [0.5, 0.6) is 0 Å². The Hall–Kier alpha value is -1.07. The molecule has 1 aromatic rings. The van der Waals surface area contributed by atoms with E-state index in [-0.39, 0.29) is 12.2 Å². The van der Waals surface area contributed by atoms with E-state index in [1.165, 1.54) is 25.7 Å². The molecule has 1 atom stereocenters. The highest BCUT2D eigenvalue weighted by Gasteiger charge is 2.23. The molecular formula is C12H21N3O2. The maximum Gasteiger partial charge on any atom is 0.323 e. The minimum absolute atomic E-state index is 0.132. The van der Waals surface area contributed by atoms with Gasteiger partial charge in [0.1, 0.15) is 6.10 Å². The van der Waals surface area contributed by atoms with Crippen LogP contribution in [-0.4, -0.2) is 21.6 Å². The van der Waals surface area contributed by atoms with Crippen LogP contribution < -0.4 is 11.4 Å². The maximum atomic E-state index is 11.4. The van der Waals surface area contributed by atoms with E-state index in [2.05, 4.69) is 9.97 Å². The lowest BCUT2D eigenvalue weighted by molar-refractivity contribution is 0.180. The van der Waals surface area contributed by atoms with Gasteiger partial charge in [0.25, 0.3) is 0 Å². The Morgan fingerprint density at radius 3 is 2.47 bits per heavy atom. The van der Waals surface area contributed by atoms with Gasteiger partial charge < -0.3 is 20.8 Å². The van der Waals surface area contributed by atoms with Crippen molar-refractivity contribution >= 4 is 0 Å². The van der Waals surface area contributed by atoms with Crippen LogP contribution in [0.4, 0.5) is 0 Å². The molecule has 0 saturated heterocycles. The number of nitrogens with two attached hydrogens (primary N) is 1. The van der Waals surface area contributed by atoms with Gasteiger partial charge in [-0.25, -0.2) is 4.79 Å². The molecule has 1 aliphatic carbocycles. The lowest BCUT2D eigenvalue weighted by Crippen LogP contribution is -2.15. The molecule has 1 fully saturated rings. The van der Waals surface area contributed by atoms with Crippen LogP contribution in [0.25, 0.3) is 0 Å². The highest BCUT2D eigenvalue weighted by Crippen LogP contribution is 2.32. The van der Waals surface area contributed by atoms with E-state index in [0.717, 1.165) is 18.5 Å². The third kappa shape index (κ3) is 2.79. The number of imidazole rings is 1. The predicted molar refractivity (Wildman–Crippen MR) is 65.9 cm³/mol. The standard InChI is InChI=1S/C12H21N3O2/c13-7-9(16)11-10(14-12(17)15-11)8-5-3-1-2-4-6-8/h8-9,16H,1-7,13H2,(H2,14,15,17). The van der Waals surface area contributed by atoms with Gasteiger partial charge >= 0.3 is 5.69 Å². The number of nitrogens with one attached hydrogen (secondary N) is 2. The summed E-state index contributed by atoms with van der Waals surface area (Å²) in [7, 11) is 0. The maximum absolute atomic E-state index is 11.4. The Kier molecular flexibility index (Phi) is 4.02. The number of H-pyrrole nitrogens is 2. The summed E-state index contributed by atoms with van der Waals surface area (Å²) in [6.07, 6.45) is 6.30. The van der Waals surface area contributed by atoms with E-state index >= 15 is 0 Å². The molecule has 1 aromatic heterocycles. The number of aromatic amines is 2. The first kappa shape index (κ1) is 12.4. The average Bonchev–Trinajstić information content (AvgIpc) is 2.56. The van der Waals surface area contributed by atoms with Gasteiger partial charge in [0.2, 0.25) is 0 Å². The third-order valence-corrected chi connectivity index (χ3v) is 3.61. The normalized spacial score (nSPS) is 20.1. The molecule has 5 N–H and O–H groups in total. The number of rotatable bonds is 3. The minimum Gasteiger partial charge on any atom is -0.385 e. The number of aliphatic hydroxyl groups excluding tert-OH is 1. The van der Waals surface area contributed by atoms with Gasteiger partial charge in [-0.1, -0.05) is 25.7 Å². The van der Waals surface area contributed by atoms with E-state index in [0.29, 0.717) is 11.6 Å². The van der Waals surface area contributed by atoms with Gasteiger partial charge in [-0.3, -0.25) is 0 Å². The van der Waals surface area contributed by atoms with Gasteiger partial charge in [0.05, 0.1) is 5.69 Å². The summed E-state index contributed by atoms with van der Waals surface area (Å²) in [6, 6.07) is 0. The molecule has 0 aliphatic heterocycles. The van der Waals surface area contributed by atoms with Crippen molar-refractivity contribution in [3.8, 4) is 0 Å². The molecule has 1 saturated carbocycles. The first-order chi connectivity index (χ1) is 8.22. The zero-order chi connectivity index (χ0) is 12.3. The minimum atomic E-state index is -0.771. The number of hydrogen-bond acceptors (Lipinski definition) is 3. The third-order valence-electron chi connectivity index (χ3n) is 3.61. The van der Waals surface area contributed by atoms with E-state index in [9.17, 15) is 9.90 Å². The van der Waals surface area contributed by atoms with Gasteiger partial charge in [-0.2, -0.15) is 0 Å². The lowest BCUT2D eigenvalue weighted by atomic mass is 9.94. The van der Waals surface area contributed by atoms with Crippen molar-refractivity contribution in [3.05, 3.63) is 21.9 Å². The summed E-state index contributed by atoms with van der Waals surface area (Å²) in [4.78, 5) is 16.9. The molecule has 0 bridgehead atoms. The van der Waals surface area contributed by atoms with Crippen molar-refractivity contribution in [1.29, 1.82) is 0 Å². The zero-order valence-electron chi connectivity index (χ0n) is 10.0. The van der Waals surface area contributed by atoms with Gasteiger partial charge in [0.15, 0.2) is 0 Å². The summed E-state index contributed by atoms with van der Waals surface area (Å²) in [5.74, 6) is 0.354. The van der Waals surface area contributed by atoms with Crippen molar-refractivity contribution < 1.29 is 5.11 Å².